The number of aromatic nitrogens is 2. The van der Waals surface area contributed by atoms with Crippen LogP contribution in [-0.2, 0) is 0 Å². The molecule has 7 nitrogen and oxygen atoms in total. The molecule has 0 radical (unpaired) electrons. The van der Waals surface area contributed by atoms with Gasteiger partial charge in [0.2, 0.25) is 0 Å². The molecule has 4 rings (SSSR count). The molecule has 0 atom stereocenters. The van der Waals surface area contributed by atoms with Crippen molar-refractivity contribution >= 4 is 23.0 Å². The van der Waals surface area contributed by atoms with Gasteiger partial charge in [-0.2, -0.15) is 5.26 Å². The van der Waals surface area contributed by atoms with Crippen molar-refractivity contribution in [1.82, 2.24) is 9.97 Å². The van der Waals surface area contributed by atoms with Crippen LogP contribution in [-0.4, -0.2) is 43.3 Å². The number of rotatable bonds is 5. The van der Waals surface area contributed by atoms with E-state index in [1.54, 1.807) is 25.6 Å². The Balaban J connectivity index is 1.40. The van der Waals surface area contributed by atoms with E-state index >= 15 is 0 Å². The molecule has 1 aliphatic rings. The number of anilines is 4. The van der Waals surface area contributed by atoms with Gasteiger partial charge in [0.1, 0.15) is 23.7 Å². The van der Waals surface area contributed by atoms with Gasteiger partial charge in [-0.1, -0.05) is 6.07 Å². The summed E-state index contributed by atoms with van der Waals surface area (Å²) in [5.74, 6) is 2.48. The zero-order chi connectivity index (χ0) is 20.1. The molecular formula is C22H22N6O. The minimum absolute atomic E-state index is 0.610. The molecule has 3 aromatic rings. The van der Waals surface area contributed by atoms with E-state index in [2.05, 4.69) is 43.3 Å². The molecular weight excluding hydrogens is 364 g/mol. The predicted molar refractivity (Wildman–Crippen MR) is 114 cm³/mol. The molecule has 0 bridgehead atoms. The van der Waals surface area contributed by atoms with E-state index in [0.717, 1.165) is 43.4 Å². The third-order valence-corrected chi connectivity index (χ3v) is 4.96. The van der Waals surface area contributed by atoms with Gasteiger partial charge in [0.05, 0.1) is 18.7 Å². The largest absolute Gasteiger partial charge is 0.497 e. The summed E-state index contributed by atoms with van der Waals surface area (Å²) in [4.78, 5) is 13.4. The van der Waals surface area contributed by atoms with Crippen molar-refractivity contribution in [2.45, 2.75) is 0 Å². The maximum atomic E-state index is 9.05. The molecule has 2 aromatic carbocycles. The van der Waals surface area contributed by atoms with E-state index in [0.29, 0.717) is 11.4 Å². The molecule has 0 unspecified atom stereocenters. The van der Waals surface area contributed by atoms with Crippen LogP contribution in [0, 0.1) is 11.3 Å². The Kier molecular flexibility index (Phi) is 5.43. The molecule has 0 aliphatic carbocycles. The van der Waals surface area contributed by atoms with Gasteiger partial charge in [-0.25, -0.2) is 9.97 Å². The molecule has 146 valence electrons. The van der Waals surface area contributed by atoms with Crippen molar-refractivity contribution in [1.29, 1.82) is 5.26 Å². The number of piperazine rings is 1. The Morgan fingerprint density at radius 3 is 2.45 bits per heavy atom. The first-order valence-electron chi connectivity index (χ1n) is 9.48. The standard InChI is InChI=1S/C22H22N6O/c1-29-20-7-5-19(6-8-20)27-9-11-28(12-10-27)22-14-21(24-16-25-22)26-18-4-2-3-17(13-18)15-23/h2-8,13-14,16H,9-12H2,1H3,(H,24,25,26). The lowest BCUT2D eigenvalue weighted by molar-refractivity contribution is 0.415. The van der Waals surface area contributed by atoms with Crippen LogP contribution in [0.5, 0.6) is 5.75 Å². The van der Waals surface area contributed by atoms with Crippen molar-refractivity contribution in [3.63, 3.8) is 0 Å². The average molecular weight is 386 g/mol. The van der Waals surface area contributed by atoms with Crippen molar-refractivity contribution < 1.29 is 4.74 Å². The molecule has 0 spiro atoms. The first-order valence-corrected chi connectivity index (χ1v) is 9.48. The van der Waals surface area contributed by atoms with E-state index in [1.165, 1.54) is 5.69 Å². The van der Waals surface area contributed by atoms with Crippen LogP contribution in [0.3, 0.4) is 0 Å². The monoisotopic (exact) mass is 386 g/mol. The minimum atomic E-state index is 0.610. The number of nitrogens with one attached hydrogen (secondary N) is 1. The topological polar surface area (TPSA) is 77.3 Å². The second kappa shape index (κ2) is 8.48. The third-order valence-electron chi connectivity index (χ3n) is 4.96. The highest BCUT2D eigenvalue weighted by atomic mass is 16.5. The zero-order valence-corrected chi connectivity index (χ0v) is 16.2. The summed E-state index contributed by atoms with van der Waals surface area (Å²) in [6.45, 7) is 3.60. The van der Waals surface area contributed by atoms with Crippen LogP contribution in [0.25, 0.3) is 0 Å². The molecule has 7 heteroatoms. The number of nitriles is 1. The fourth-order valence-corrected chi connectivity index (χ4v) is 3.39. The van der Waals surface area contributed by atoms with Gasteiger partial charge in [-0.05, 0) is 42.5 Å². The summed E-state index contributed by atoms with van der Waals surface area (Å²) >= 11 is 0. The lowest BCUT2D eigenvalue weighted by Gasteiger charge is -2.36. The van der Waals surface area contributed by atoms with Gasteiger partial charge >= 0.3 is 0 Å². The summed E-state index contributed by atoms with van der Waals surface area (Å²) in [6.07, 6.45) is 1.57. The number of methoxy groups -OCH3 is 1. The number of hydrogen-bond donors (Lipinski definition) is 1. The molecule has 0 amide bonds. The SMILES string of the molecule is COc1ccc(N2CCN(c3cc(Nc4cccc(C#N)c4)ncn3)CC2)cc1. The highest BCUT2D eigenvalue weighted by Gasteiger charge is 2.19. The molecule has 1 aromatic heterocycles. The molecule has 1 saturated heterocycles. The predicted octanol–water partition coefficient (Wildman–Crippen LogP) is 3.43. The summed E-state index contributed by atoms with van der Waals surface area (Å²) in [7, 11) is 1.68. The summed E-state index contributed by atoms with van der Waals surface area (Å²) in [5.41, 5.74) is 2.64. The van der Waals surface area contributed by atoms with Crippen LogP contribution in [0.1, 0.15) is 5.56 Å². The van der Waals surface area contributed by atoms with Crippen molar-refractivity contribution in [3.8, 4) is 11.8 Å². The van der Waals surface area contributed by atoms with Crippen LogP contribution in [0.2, 0.25) is 0 Å². The second-order valence-electron chi connectivity index (χ2n) is 6.75. The molecule has 29 heavy (non-hydrogen) atoms. The zero-order valence-electron chi connectivity index (χ0n) is 16.2. The summed E-state index contributed by atoms with van der Waals surface area (Å²) in [5, 5.41) is 12.3. The minimum Gasteiger partial charge on any atom is -0.497 e. The van der Waals surface area contributed by atoms with E-state index < -0.39 is 0 Å². The van der Waals surface area contributed by atoms with E-state index in [-0.39, 0.29) is 0 Å². The highest BCUT2D eigenvalue weighted by molar-refractivity contribution is 5.61. The lowest BCUT2D eigenvalue weighted by atomic mass is 10.2. The van der Waals surface area contributed by atoms with Gasteiger partial charge in [0, 0.05) is 43.6 Å². The number of nitrogens with zero attached hydrogens (tertiary/aromatic N) is 5. The Bertz CT molecular complexity index is 1010. The van der Waals surface area contributed by atoms with E-state index in [4.69, 9.17) is 10.00 Å². The van der Waals surface area contributed by atoms with Crippen LogP contribution < -0.4 is 19.9 Å². The maximum Gasteiger partial charge on any atom is 0.135 e. The van der Waals surface area contributed by atoms with Gasteiger partial charge < -0.3 is 19.9 Å². The maximum absolute atomic E-state index is 9.05. The number of hydrogen-bond acceptors (Lipinski definition) is 7. The van der Waals surface area contributed by atoms with Crippen molar-refractivity contribution in [3.05, 3.63) is 66.5 Å². The molecule has 2 heterocycles. The Hall–Kier alpha value is -3.79. The van der Waals surface area contributed by atoms with Gasteiger partial charge in [-0.15, -0.1) is 0 Å². The van der Waals surface area contributed by atoms with Gasteiger partial charge in [0.15, 0.2) is 0 Å². The van der Waals surface area contributed by atoms with Crippen LogP contribution in [0.4, 0.5) is 23.0 Å². The Labute approximate surface area is 170 Å². The number of ether oxygens (including phenoxy) is 1. The molecule has 1 fully saturated rings. The fraction of sp³-hybridized carbons (Fsp3) is 0.227. The highest BCUT2D eigenvalue weighted by Crippen LogP contribution is 2.23. The first-order chi connectivity index (χ1) is 14.2. The lowest BCUT2D eigenvalue weighted by Crippen LogP contribution is -2.46. The van der Waals surface area contributed by atoms with Gasteiger partial charge in [0.25, 0.3) is 0 Å². The van der Waals surface area contributed by atoms with E-state index in [1.807, 2.05) is 30.3 Å². The van der Waals surface area contributed by atoms with Crippen LogP contribution >= 0.6 is 0 Å². The second-order valence-corrected chi connectivity index (χ2v) is 6.75. The summed E-state index contributed by atoms with van der Waals surface area (Å²) in [6, 6.07) is 19.6. The molecule has 1 aliphatic heterocycles. The quantitative estimate of drug-likeness (QED) is 0.720. The van der Waals surface area contributed by atoms with Crippen molar-refractivity contribution in [2.24, 2.45) is 0 Å². The average Bonchev–Trinajstić information content (AvgIpc) is 2.79. The Morgan fingerprint density at radius 2 is 1.72 bits per heavy atom. The van der Waals surface area contributed by atoms with E-state index in [9.17, 15) is 0 Å². The fourth-order valence-electron chi connectivity index (χ4n) is 3.39. The Morgan fingerprint density at radius 1 is 0.966 bits per heavy atom. The molecule has 1 N–H and O–H groups in total. The normalized spacial score (nSPS) is 13.7. The summed E-state index contributed by atoms with van der Waals surface area (Å²) < 4.78 is 5.24. The van der Waals surface area contributed by atoms with Gasteiger partial charge in [-0.3, -0.25) is 0 Å². The smallest absolute Gasteiger partial charge is 0.135 e. The number of benzene rings is 2. The first kappa shape index (κ1) is 18.6. The third kappa shape index (κ3) is 4.38. The van der Waals surface area contributed by atoms with Crippen LogP contribution in [0.15, 0.2) is 60.9 Å². The molecule has 0 saturated carbocycles. The van der Waals surface area contributed by atoms with Crippen molar-refractivity contribution in [2.75, 3.05) is 48.4 Å².